The maximum atomic E-state index is 10.4. The van der Waals surface area contributed by atoms with Gasteiger partial charge in [-0.1, -0.05) is 17.8 Å². The molecule has 0 radical (unpaired) electrons. The van der Waals surface area contributed by atoms with Crippen LogP contribution in [0.3, 0.4) is 0 Å². The van der Waals surface area contributed by atoms with Gasteiger partial charge in [-0.15, -0.1) is 21.5 Å². The maximum absolute atomic E-state index is 10.4. The molecule has 0 saturated carbocycles. The highest BCUT2D eigenvalue weighted by atomic mass is 32.2. The fourth-order valence-corrected chi connectivity index (χ4v) is 3.99. The molecule has 4 aromatic rings. The number of benzene rings is 1. The summed E-state index contributed by atoms with van der Waals surface area (Å²) in [5.41, 5.74) is 4.42. The predicted molar refractivity (Wildman–Crippen MR) is 104 cm³/mol. The molecule has 0 fully saturated rings. The molecular weight excluding hydrogens is 368 g/mol. The summed E-state index contributed by atoms with van der Waals surface area (Å²) in [4.78, 5) is 5.37. The number of hydrogen-bond donors (Lipinski definition) is 1. The Bertz CT molecular complexity index is 1020. The number of thiophene rings is 1. The summed E-state index contributed by atoms with van der Waals surface area (Å²) >= 11 is 2.91. The average molecular weight is 387 g/mol. The molecule has 4 rings (SSSR count). The van der Waals surface area contributed by atoms with Crippen molar-refractivity contribution in [3.8, 4) is 10.8 Å². The lowest BCUT2D eigenvalue weighted by Gasteiger charge is -2.11. The molecule has 0 aliphatic carbocycles. The van der Waals surface area contributed by atoms with E-state index in [2.05, 4.69) is 41.2 Å². The highest BCUT2D eigenvalue weighted by molar-refractivity contribution is 7.99. The van der Waals surface area contributed by atoms with E-state index in [-0.39, 0.29) is 0 Å². The monoisotopic (exact) mass is 386 g/mol. The zero-order valence-electron chi connectivity index (χ0n) is 14.4. The zero-order chi connectivity index (χ0) is 18.1. The second-order valence-corrected chi connectivity index (χ2v) is 8.06. The van der Waals surface area contributed by atoms with Gasteiger partial charge in [0.1, 0.15) is 0 Å². The van der Waals surface area contributed by atoms with Crippen molar-refractivity contribution in [1.29, 1.82) is 0 Å². The van der Waals surface area contributed by atoms with Gasteiger partial charge >= 0.3 is 0 Å². The lowest BCUT2D eigenvalue weighted by molar-refractivity contribution is 0.179. The van der Waals surface area contributed by atoms with Crippen molar-refractivity contribution in [2.75, 3.05) is 5.75 Å². The summed E-state index contributed by atoms with van der Waals surface area (Å²) in [6.07, 6.45) is 1.23. The van der Waals surface area contributed by atoms with E-state index in [0.29, 0.717) is 23.4 Å². The first-order valence-corrected chi connectivity index (χ1v) is 10.1. The van der Waals surface area contributed by atoms with E-state index in [1.807, 2.05) is 22.1 Å². The molecule has 3 aromatic heterocycles. The van der Waals surface area contributed by atoms with Crippen LogP contribution in [-0.2, 0) is 6.54 Å². The first kappa shape index (κ1) is 17.3. The fourth-order valence-electron chi connectivity index (χ4n) is 2.67. The molecule has 0 bridgehead atoms. The number of aliphatic hydroxyl groups excluding tert-OH is 1. The average Bonchev–Trinajstić information content (AvgIpc) is 3.35. The highest BCUT2D eigenvalue weighted by Crippen LogP contribution is 2.27. The highest BCUT2D eigenvalue weighted by Gasteiger charge is 2.14. The third-order valence-corrected chi connectivity index (χ3v) is 6.00. The summed E-state index contributed by atoms with van der Waals surface area (Å²) < 4.78 is 7.62. The quantitative estimate of drug-likeness (QED) is 0.506. The Morgan fingerprint density at radius 3 is 2.92 bits per heavy atom. The van der Waals surface area contributed by atoms with E-state index < -0.39 is 6.10 Å². The molecule has 0 saturated heterocycles. The molecule has 1 unspecified atom stereocenters. The second kappa shape index (κ2) is 7.22. The minimum Gasteiger partial charge on any atom is -0.410 e. The van der Waals surface area contributed by atoms with Crippen LogP contribution in [0.15, 0.2) is 45.6 Å². The number of hydrogen-bond acceptors (Lipinski definition) is 7. The smallest absolute Gasteiger partial charge is 0.276 e. The van der Waals surface area contributed by atoms with Crippen molar-refractivity contribution in [2.24, 2.45) is 0 Å². The summed E-state index contributed by atoms with van der Waals surface area (Å²) in [7, 11) is 0. The van der Waals surface area contributed by atoms with Crippen LogP contribution in [0, 0.1) is 13.8 Å². The molecule has 134 valence electrons. The minimum absolute atomic E-state index is 0.467. The van der Waals surface area contributed by atoms with Gasteiger partial charge in [-0.05, 0) is 48.6 Å². The molecule has 0 aliphatic rings. The number of nitrogens with zero attached hydrogens (tertiary/aromatic N) is 4. The van der Waals surface area contributed by atoms with Crippen LogP contribution >= 0.6 is 23.1 Å². The predicted octanol–water partition coefficient (Wildman–Crippen LogP) is 3.92. The van der Waals surface area contributed by atoms with Gasteiger partial charge in [0.05, 0.1) is 34.9 Å². The van der Waals surface area contributed by atoms with E-state index in [0.717, 1.165) is 15.9 Å². The molecule has 8 heteroatoms. The van der Waals surface area contributed by atoms with Gasteiger partial charge in [0.25, 0.3) is 11.1 Å². The third kappa shape index (κ3) is 3.53. The summed E-state index contributed by atoms with van der Waals surface area (Å²) in [5, 5.41) is 20.9. The van der Waals surface area contributed by atoms with Gasteiger partial charge in [-0.3, -0.25) is 0 Å². The molecule has 1 atom stereocenters. The van der Waals surface area contributed by atoms with E-state index in [9.17, 15) is 5.11 Å². The van der Waals surface area contributed by atoms with Gasteiger partial charge in [0.2, 0.25) is 0 Å². The molecule has 6 nitrogen and oxygen atoms in total. The van der Waals surface area contributed by atoms with Crippen LogP contribution in [0.1, 0.15) is 11.1 Å². The number of aryl methyl sites for hydroxylation is 2. The summed E-state index contributed by atoms with van der Waals surface area (Å²) in [5.74, 6) is 0.986. The van der Waals surface area contributed by atoms with Crippen molar-refractivity contribution in [1.82, 2.24) is 19.7 Å². The van der Waals surface area contributed by atoms with Gasteiger partial charge in [0, 0.05) is 5.75 Å². The van der Waals surface area contributed by atoms with Crippen molar-refractivity contribution in [3.05, 3.63) is 47.1 Å². The van der Waals surface area contributed by atoms with Crippen LogP contribution in [0.4, 0.5) is 0 Å². The topological polar surface area (TPSA) is 77.0 Å². The first-order chi connectivity index (χ1) is 12.6. The second-order valence-electron chi connectivity index (χ2n) is 6.14. The Morgan fingerprint density at radius 1 is 1.27 bits per heavy atom. The Morgan fingerprint density at radius 2 is 2.12 bits per heavy atom. The van der Waals surface area contributed by atoms with E-state index >= 15 is 0 Å². The normalized spacial score (nSPS) is 12.7. The standard InChI is InChI=1S/C18H18N4O2S2/c1-11-6-14-15(7-12(11)2)22(10-19-14)8-13(23)9-26-18-21-20-17(24-18)16-4-3-5-25-16/h3-7,10,13,23H,8-9H2,1-2H3. The number of thioether (sulfide) groups is 1. The van der Waals surface area contributed by atoms with E-state index in [4.69, 9.17) is 4.42 Å². The Hall–Kier alpha value is -2.16. The number of imidazole rings is 1. The largest absolute Gasteiger partial charge is 0.410 e. The minimum atomic E-state index is -0.545. The molecular formula is C18H18N4O2S2. The molecule has 26 heavy (non-hydrogen) atoms. The first-order valence-electron chi connectivity index (χ1n) is 8.20. The van der Waals surface area contributed by atoms with Gasteiger partial charge in [-0.2, -0.15) is 0 Å². The van der Waals surface area contributed by atoms with Crippen molar-refractivity contribution >= 4 is 34.1 Å². The lowest BCUT2D eigenvalue weighted by Crippen LogP contribution is -2.18. The third-order valence-electron chi connectivity index (χ3n) is 4.18. The van der Waals surface area contributed by atoms with Crippen LogP contribution in [0.25, 0.3) is 21.8 Å². The van der Waals surface area contributed by atoms with Crippen LogP contribution < -0.4 is 0 Å². The Labute approximate surface area is 158 Å². The van der Waals surface area contributed by atoms with Crippen LogP contribution in [-0.4, -0.2) is 36.7 Å². The Balaban J connectivity index is 1.40. The van der Waals surface area contributed by atoms with Gasteiger partial charge in [-0.25, -0.2) is 4.98 Å². The van der Waals surface area contributed by atoms with E-state index in [1.54, 1.807) is 17.7 Å². The molecule has 0 amide bonds. The van der Waals surface area contributed by atoms with E-state index in [1.165, 1.54) is 22.9 Å². The lowest BCUT2D eigenvalue weighted by atomic mass is 10.1. The summed E-state index contributed by atoms with van der Waals surface area (Å²) in [6, 6.07) is 8.07. The molecule has 0 aliphatic heterocycles. The van der Waals surface area contributed by atoms with Crippen LogP contribution in [0.5, 0.6) is 0 Å². The number of aromatic nitrogens is 4. The number of fused-ring (bicyclic) bond motifs is 1. The Kier molecular flexibility index (Phi) is 4.80. The zero-order valence-corrected chi connectivity index (χ0v) is 16.0. The molecule has 1 N–H and O–H groups in total. The number of aliphatic hydroxyl groups is 1. The van der Waals surface area contributed by atoms with Crippen molar-refractivity contribution in [2.45, 2.75) is 31.7 Å². The summed E-state index contributed by atoms with van der Waals surface area (Å²) in [6.45, 7) is 4.63. The molecule has 1 aromatic carbocycles. The molecule has 0 spiro atoms. The maximum Gasteiger partial charge on any atom is 0.276 e. The van der Waals surface area contributed by atoms with Gasteiger partial charge < -0.3 is 14.1 Å². The van der Waals surface area contributed by atoms with Crippen molar-refractivity contribution < 1.29 is 9.52 Å². The number of rotatable bonds is 6. The van der Waals surface area contributed by atoms with Crippen LogP contribution in [0.2, 0.25) is 0 Å². The van der Waals surface area contributed by atoms with Crippen molar-refractivity contribution in [3.63, 3.8) is 0 Å². The fraction of sp³-hybridized carbons (Fsp3) is 0.278. The van der Waals surface area contributed by atoms with Gasteiger partial charge in [0.15, 0.2) is 0 Å². The molecule has 3 heterocycles. The SMILES string of the molecule is Cc1cc2ncn(CC(O)CSc3nnc(-c4cccs4)o3)c2cc1C.